The maximum absolute atomic E-state index is 11.3. The molecule has 0 amide bonds. The Morgan fingerprint density at radius 2 is 1.00 bits per heavy atom. The van der Waals surface area contributed by atoms with Crippen molar-refractivity contribution in [1.82, 2.24) is 0 Å². The molecule has 0 aliphatic rings. The first-order valence-electron chi connectivity index (χ1n) is 11.5. The van der Waals surface area contributed by atoms with Crippen LogP contribution >= 0.6 is 0 Å². The monoisotopic (exact) mass is 444 g/mol. The largest absolute Gasteiger partial charge is 1.00 e. The van der Waals surface area contributed by atoms with Crippen molar-refractivity contribution < 1.29 is 69.5 Å². The molecule has 2 unspecified atom stereocenters. The number of aliphatic hydroxyl groups is 1. The van der Waals surface area contributed by atoms with Crippen LogP contribution in [-0.4, -0.2) is 29.4 Å². The van der Waals surface area contributed by atoms with Gasteiger partial charge in [-0.2, -0.15) is 0 Å². The van der Waals surface area contributed by atoms with Gasteiger partial charge in [0, 0.05) is 5.25 Å². The maximum Gasteiger partial charge on any atom is 1.00 e. The molecule has 164 valence electrons. The molecule has 0 saturated carbocycles. The van der Waals surface area contributed by atoms with Crippen molar-refractivity contribution in [2.24, 2.45) is 0 Å². The standard InChI is InChI=1S/C22H46O4S.K/c1-3-4-19-22(27(24,25)26)20-17-15-13-11-9-7-5-6-8-10-12-14-16-18-21(2)23;/h21-23H,3-20H2,1-2H3,(H,24,25,26);/q;+1/p-1. The van der Waals surface area contributed by atoms with Gasteiger partial charge in [-0.25, -0.2) is 8.42 Å². The minimum absolute atomic E-state index is 0. The summed E-state index contributed by atoms with van der Waals surface area (Å²) >= 11 is 0. The number of rotatable bonds is 20. The minimum Gasteiger partial charge on any atom is -0.748 e. The predicted molar refractivity (Wildman–Crippen MR) is 114 cm³/mol. The van der Waals surface area contributed by atoms with Gasteiger partial charge in [0.15, 0.2) is 0 Å². The van der Waals surface area contributed by atoms with Crippen LogP contribution in [0.25, 0.3) is 0 Å². The molecule has 0 aromatic heterocycles. The quantitative estimate of drug-likeness (QED) is 0.177. The van der Waals surface area contributed by atoms with E-state index >= 15 is 0 Å². The topological polar surface area (TPSA) is 77.4 Å². The third kappa shape index (κ3) is 22.2. The second kappa shape index (κ2) is 21.7. The van der Waals surface area contributed by atoms with Gasteiger partial charge in [0.1, 0.15) is 0 Å². The molecule has 0 aliphatic heterocycles. The van der Waals surface area contributed by atoms with Gasteiger partial charge in [-0.1, -0.05) is 103 Å². The van der Waals surface area contributed by atoms with Crippen LogP contribution in [0.3, 0.4) is 0 Å². The van der Waals surface area contributed by atoms with Crippen LogP contribution in [0, 0.1) is 0 Å². The first-order valence-corrected chi connectivity index (χ1v) is 13.0. The maximum atomic E-state index is 11.3. The van der Waals surface area contributed by atoms with Crippen LogP contribution in [0.5, 0.6) is 0 Å². The molecule has 0 radical (unpaired) electrons. The first kappa shape index (κ1) is 31.7. The van der Waals surface area contributed by atoms with Crippen LogP contribution in [0.15, 0.2) is 0 Å². The second-order valence-electron chi connectivity index (χ2n) is 8.28. The Hall–Kier alpha value is 1.51. The zero-order valence-corrected chi connectivity index (χ0v) is 22.9. The van der Waals surface area contributed by atoms with Crippen LogP contribution in [0.2, 0.25) is 0 Å². The Balaban J connectivity index is 0. The summed E-state index contributed by atoms with van der Waals surface area (Å²) in [4.78, 5) is 0. The van der Waals surface area contributed by atoms with E-state index in [0.717, 1.165) is 44.9 Å². The average Bonchev–Trinajstić information content (AvgIpc) is 2.59. The van der Waals surface area contributed by atoms with Gasteiger partial charge in [-0.05, 0) is 26.2 Å². The molecule has 2 atom stereocenters. The number of unbranched alkanes of at least 4 members (excludes halogenated alkanes) is 13. The number of hydrogen-bond donors (Lipinski definition) is 1. The van der Waals surface area contributed by atoms with E-state index in [-0.39, 0.29) is 57.5 Å². The van der Waals surface area contributed by atoms with Gasteiger partial charge < -0.3 is 9.66 Å². The Morgan fingerprint density at radius 3 is 1.32 bits per heavy atom. The van der Waals surface area contributed by atoms with Crippen LogP contribution in [0.1, 0.15) is 129 Å². The van der Waals surface area contributed by atoms with E-state index in [1.807, 2.05) is 13.8 Å². The minimum atomic E-state index is -4.12. The molecule has 0 aromatic rings. The van der Waals surface area contributed by atoms with E-state index in [0.29, 0.717) is 12.8 Å². The van der Waals surface area contributed by atoms with E-state index in [2.05, 4.69) is 0 Å². The summed E-state index contributed by atoms with van der Waals surface area (Å²) < 4.78 is 33.8. The third-order valence-corrected chi connectivity index (χ3v) is 6.72. The zero-order valence-electron chi connectivity index (χ0n) is 19.0. The van der Waals surface area contributed by atoms with Crippen molar-refractivity contribution >= 4 is 10.1 Å². The van der Waals surface area contributed by atoms with Crippen molar-refractivity contribution in [3.63, 3.8) is 0 Å². The van der Waals surface area contributed by atoms with Crippen molar-refractivity contribution in [3.05, 3.63) is 0 Å². The van der Waals surface area contributed by atoms with Gasteiger partial charge >= 0.3 is 51.4 Å². The van der Waals surface area contributed by atoms with E-state index in [9.17, 15) is 18.1 Å². The van der Waals surface area contributed by atoms with E-state index < -0.39 is 15.4 Å². The Labute approximate surface area is 218 Å². The molecule has 0 fully saturated rings. The number of hydrogen-bond acceptors (Lipinski definition) is 4. The van der Waals surface area contributed by atoms with Gasteiger partial charge in [0.25, 0.3) is 0 Å². The fourth-order valence-corrected chi connectivity index (χ4v) is 4.53. The Bertz CT molecular complexity index is 413. The average molecular weight is 445 g/mol. The summed E-state index contributed by atoms with van der Waals surface area (Å²) in [6.45, 7) is 3.88. The van der Waals surface area contributed by atoms with Gasteiger partial charge in [0.2, 0.25) is 0 Å². The van der Waals surface area contributed by atoms with Crippen LogP contribution in [0.4, 0.5) is 0 Å². The van der Waals surface area contributed by atoms with Crippen molar-refractivity contribution in [2.45, 2.75) is 141 Å². The van der Waals surface area contributed by atoms with Crippen LogP contribution < -0.4 is 51.4 Å². The molecular weight excluding hydrogens is 399 g/mol. The molecule has 0 rings (SSSR count). The molecule has 0 heterocycles. The summed E-state index contributed by atoms with van der Waals surface area (Å²) in [5.41, 5.74) is 0. The van der Waals surface area contributed by atoms with Gasteiger partial charge in [0.05, 0.1) is 16.2 Å². The predicted octanol–water partition coefficient (Wildman–Crippen LogP) is 3.33. The molecule has 4 nitrogen and oxygen atoms in total. The van der Waals surface area contributed by atoms with Crippen LogP contribution in [-0.2, 0) is 10.1 Å². The molecular formula is C22H45KO4S. The molecule has 1 N–H and O–H groups in total. The van der Waals surface area contributed by atoms with Gasteiger partial charge in [-0.3, -0.25) is 0 Å². The van der Waals surface area contributed by atoms with Crippen molar-refractivity contribution in [1.29, 1.82) is 0 Å². The molecule has 0 aromatic carbocycles. The molecule has 0 spiro atoms. The molecule has 28 heavy (non-hydrogen) atoms. The van der Waals surface area contributed by atoms with E-state index in [1.54, 1.807) is 0 Å². The summed E-state index contributed by atoms with van der Waals surface area (Å²) in [5.74, 6) is 0. The van der Waals surface area contributed by atoms with Gasteiger partial charge in [-0.15, -0.1) is 0 Å². The fourth-order valence-electron chi connectivity index (χ4n) is 3.62. The molecule has 0 aliphatic carbocycles. The normalized spacial score (nSPS) is 13.9. The smallest absolute Gasteiger partial charge is 0.748 e. The fraction of sp³-hybridized carbons (Fsp3) is 1.00. The summed E-state index contributed by atoms with van der Waals surface area (Å²) in [7, 11) is -4.12. The first-order chi connectivity index (χ1) is 12.9. The summed E-state index contributed by atoms with van der Waals surface area (Å²) in [5, 5.41) is 8.53. The second-order valence-corrected chi connectivity index (χ2v) is 9.93. The third-order valence-electron chi connectivity index (χ3n) is 5.44. The Morgan fingerprint density at radius 1 is 0.679 bits per heavy atom. The molecule has 0 saturated heterocycles. The van der Waals surface area contributed by atoms with Crippen molar-refractivity contribution in [2.75, 3.05) is 0 Å². The molecule has 0 bridgehead atoms. The summed E-state index contributed by atoms with van der Waals surface area (Å²) in [6.07, 6.45) is 19.5. The SMILES string of the molecule is CCCCC(CCCCCCCCCCCCCCCC(C)O)S(=O)(=O)[O-].[K+]. The summed E-state index contributed by atoms with van der Waals surface area (Å²) in [6, 6.07) is 0. The van der Waals surface area contributed by atoms with Crippen molar-refractivity contribution in [3.8, 4) is 0 Å². The molecule has 6 heteroatoms. The number of aliphatic hydroxyl groups excluding tert-OH is 1. The Kier molecular flexibility index (Phi) is 24.6. The zero-order chi connectivity index (χ0) is 20.4. The van der Waals surface area contributed by atoms with E-state index in [4.69, 9.17) is 0 Å². The van der Waals surface area contributed by atoms with E-state index in [1.165, 1.54) is 57.8 Å².